The smallest absolute Gasteiger partial charge is 0.0491 e. The summed E-state index contributed by atoms with van der Waals surface area (Å²) in [5.41, 5.74) is 2.76. The van der Waals surface area contributed by atoms with Crippen LogP contribution >= 0.6 is 15.9 Å². The fraction of sp³-hybridized carbons (Fsp3) is 0.647. The molecule has 1 aliphatic heterocycles. The zero-order chi connectivity index (χ0) is 15.2. The summed E-state index contributed by atoms with van der Waals surface area (Å²) in [5, 5.41) is 3.53. The lowest BCUT2D eigenvalue weighted by Crippen LogP contribution is -2.36. The van der Waals surface area contributed by atoms with Gasteiger partial charge in [-0.2, -0.15) is 0 Å². The molecule has 0 aromatic heterocycles. The highest BCUT2D eigenvalue weighted by atomic mass is 79.9. The lowest BCUT2D eigenvalue weighted by molar-refractivity contribution is 0.139. The Morgan fingerprint density at radius 1 is 1.33 bits per heavy atom. The molecule has 1 N–H and O–H groups in total. The van der Waals surface area contributed by atoms with Gasteiger partial charge in [-0.05, 0) is 42.5 Å². The Hall–Kier alpha value is -0.580. The number of hydrogen-bond acceptors (Lipinski definition) is 3. The Kier molecular flexibility index (Phi) is 6.52. The minimum Gasteiger partial charge on any atom is -0.384 e. The average molecular weight is 355 g/mol. The topological polar surface area (TPSA) is 24.5 Å². The molecule has 4 heteroatoms. The zero-order valence-corrected chi connectivity index (χ0v) is 14.9. The van der Waals surface area contributed by atoms with E-state index in [9.17, 15) is 0 Å². The van der Waals surface area contributed by atoms with Gasteiger partial charge in [0.25, 0.3) is 0 Å². The molecule has 1 aliphatic rings. The van der Waals surface area contributed by atoms with E-state index in [-0.39, 0.29) is 0 Å². The van der Waals surface area contributed by atoms with Gasteiger partial charge in [0, 0.05) is 49.6 Å². The maximum atomic E-state index is 5.29. The summed E-state index contributed by atoms with van der Waals surface area (Å²) in [4.78, 5) is 2.52. The summed E-state index contributed by atoms with van der Waals surface area (Å²) < 4.78 is 6.45. The van der Waals surface area contributed by atoms with Crippen LogP contribution in [0.5, 0.6) is 0 Å². The number of ether oxygens (including phenoxy) is 1. The van der Waals surface area contributed by atoms with E-state index in [1.165, 1.54) is 24.1 Å². The van der Waals surface area contributed by atoms with Crippen molar-refractivity contribution in [1.29, 1.82) is 0 Å². The number of anilines is 1. The fourth-order valence-electron chi connectivity index (χ4n) is 2.89. The Bertz CT molecular complexity index is 442. The van der Waals surface area contributed by atoms with Crippen molar-refractivity contribution < 1.29 is 4.74 Å². The second kappa shape index (κ2) is 8.16. The van der Waals surface area contributed by atoms with Gasteiger partial charge in [0.1, 0.15) is 0 Å². The molecule has 21 heavy (non-hydrogen) atoms. The normalized spacial score (nSPS) is 16.7. The van der Waals surface area contributed by atoms with Crippen LogP contribution in [0.25, 0.3) is 0 Å². The number of nitrogens with one attached hydrogen (secondary N) is 1. The minimum absolute atomic E-state index is 0.504. The lowest BCUT2D eigenvalue weighted by atomic mass is 9.96. The van der Waals surface area contributed by atoms with E-state index < -0.39 is 0 Å². The third kappa shape index (κ3) is 4.97. The summed E-state index contributed by atoms with van der Waals surface area (Å²) >= 11 is 3.59. The number of halogens is 1. The SMILES string of the molecule is COCC1CCN(c2ccc(Br)cc2CNC(C)C)CC1. The van der Waals surface area contributed by atoms with Crippen LogP contribution < -0.4 is 10.2 Å². The van der Waals surface area contributed by atoms with E-state index in [2.05, 4.69) is 58.2 Å². The molecule has 118 valence electrons. The largest absolute Gasteiger partial charge is 0.384 e. The first-order valence-corrected chi connectivity index (χ1v) is 8.65. The average Bonchev–Trinajstić information content (AvgIpc) is 2.46. The van der Waals surface area contributed by atoms with Gasteiger partial charge in [0.2, 0.25) is 0 Å². The van der Waals surface area contributed by atoms with E-state index in [1.54, 1.807) is 7.11 Å². The first-order valence-electron chi connectivity index (χ1n) is 7.86. The van der Waals surface area contributed by atoms with Crippen LogP contribution in [-0.2, 0) is 11.3 Å². The van der Waals surface area contributed by atoms with E-state index in [1.807, 2.05) is 0 Å². The molecule has 1 aromatic rings. The Labute approximate surface area is 137 Å². The summed E-state index contributed by atoms with van der Waals surface area (Å²) in [5.74, 6) is 0.721. The van der Waals surface area contributed by atoms with Crippen molar-refractivity contribution >= 4 is 21.6 Å². The van der Waals surface area contributed by atoms with Gasteiger partial charge < -0.3 is 15.0 Å². The van der Waals surface area contributed by atoms with Crippen LogP contribution in [-0.4, -0.2) is 32.8 Å². The third-order valence-electron chi connectivity index (χ3n) is 4.10. The van der Waals surface area contributed by atoms with Gasteiger partial charge >= 0.3 is 0 Å². The van der Waals surface area contributed by atoms with Gasteiger partial charge in [0.15, 0.2) is 0 Å². The third-order valence-corrected chi connectivity index (χ3v) is 4.59. The molecule has 0 amide bonds. The molecule has 0 radical (unpaired) electrons. The standard InChI is InChI=1S/C17H27BrN2O/c1-13(2)19-11-15-10-16(18)4-5-17(15)20-8-6-14(7-9-20)12-21-3/h4-5,10,13-14,19H,6-9,11-12H2,1-3H3. The number of rotatable bonds is 6. The van der Waals surface area contributed by atoms with Crippen LogP contribution in [0.3, 0.4) is 0 Å². The molecular formula is C17H27BrN2O. The Morgan fingerprint density at radius 3 is 2.67 bits per heavy atom. The summed E-state index contributed by atoms with van der Waals surface area (Å²) in [6.07, 6.45) is 2.45. The molecule has 0 saturated carbocycles. The van der Waals surface area contributed by atoms with Gasteiger partial charge in [-0.15, -0.1) is 0 Å². The number of methoxy groups -OCH3 is 1. The summed E-state index contributed by atoms with van der Waals surface area (Å²) in [7, 11) is 1.80. The van der Waals surface area contributed by atoms with Crippen molar-refractivity contribution in [2.75, 3.05) is 31.7 Å². The molecule has 1 aromatic carbocycles. The number of nitrogens with zero attached hydrogens (tertiary/aromatic N) is 1. The molecule has 2 rings (SSSR count). The highest BCUT2D eigenvalue weighted by molar-refractivity contribution is 9.10. The van der Waals surface area contributed by atoms with Gasteiger partial charge in [-0.3, -0.25) is 0 Å². The van der Waals surface area contributed by atoms with E-state index >= 15 is 0 Å². The number of benzene rings is 1. The maximum absolute atomic E-state index is 5.29. The van der Waals surface area contributed by atoms with Crippen molar-refractivity contribution in [3.05, 3.63) is 28.2 Å². The van der Waals surface area contributed by atoms with Crippen LogP contribution in [0.1, 0.15) is 32.3 Å². The van der Waals surface area contributed by atoms with Crippen molar-refractivity contribution in [1.82, 2.24) is 5.32 Å². The molecule has 0 bridgehead atoms. The molecule has 1 heterocycles. The van der Waals surface area contributed by atoms with Crippen LogP contribution in [0.2, 0.25) is 0 Å². The van der Waals surface area contributed by atoms with Crippen LogP contribution in [0, 0.1) is 5.92 Å². The number of piperidine rings is 1. The van der Waals surface area contributed by atoms with E-state index in [0.29, 0.717) is 6.04 Å². The molecule has 1 saturated heterocycles. The molecule has 0 atom stereocenters. The van der Waals surface area contributed by atoms with E-state index in [0.717, 1.165) is 36.6 Å². The second-order valence-electron chi connectivity index (χ2n) is 6.19. The summed E-state index contributed by atoms with van der Waals surface area (Å²) in [6, 6.07) is 7.14. The van der Waals surface area contributed by atoms with Crippen molar-refractivity contribution in [2.45, 2.75) is 39.3 Å². The molecule has 0 aliphatic carbocycles. The molecule has 3 nitrogen and oxygen atoms in total. The Morgan fingerprint density at radius 2 is 2.05 bits per heavy atom. The van der Waals surface area contributed by atoms with Gasteiger partial charge in [0.05, 0.1) is 0 Å². The molecular weight excluding hydrogens is 328 g/mol. The quantitative estimate of drug-likeness (QED) is 0.840. The molecule has 0 spiro atoms. The molecule has 1 fully saturated rings. The lowest BCUT2D eigenvalue weighted by Gasteiger charge is -2.34. The van der Waals surface area contributed by atoms with Crippen molar-refractivity contribution in [3.63, 3.8) is 0 Å². The summed E-state index contributed by atoms with van der Waals surface area (Å²) in [6.45, 7) is 8.46. The minimum atomic E-state index is 0.504. The predicted molar refractivity (Wildman–Crippen MR) is 92.9 cm³/mol. The van der Waals surface area contributed by atoms with Crippen LogP contribution in [0.4, 0.5) is 5.69 Å². The monoisotopic (exact) mass is 354 g/mol. The highest BCUT2D eigenvalue weighted by Crippen LogP contribution is 2.29. The fourth-order valence-corrected chi connectivity index (χ4v) is 3.30. The first-order chi connectivity index (χ1) is 10.1. The Balaban J connectivity index is 2.05. The van der Waals surface area contributed by atoms with Crippen molar-refractivity contribution in [3.8, 4) is 0 Å². The van der Waals surface area contributed by atoms with Gasteiger partial charge in [-0.1, -0.05) is 29.8 Å². The van der Waals surface area contributed by atoms with Gasteiger partial charge in [-0.25, -0.2) is 0 Å². The number of hydrogen-bond donors (Lipinski definition) is 1. The van der Waals surface area contributed by atoms with Crippen LogP contribution in [0.15, 0.2) is 22.7 Å². The van der Waals surface area contributed by atoms with E-state index in [4.69, 9.17) is 4.74 Å². The highest BCUT2D eigenvalue weighted by Gasteiger charge is 2.21. The predicted octanol–water partition coefficient (Wildman–Crippen LogP) is 3.81. The maximum Gasteiger partial charge on any atom is 0.0491 e. The second-order valence-corrected chi connectivity index (χ2v) is 7.11. The zero-order valence-electron chi connectivity index (χ0n) is 13.4. The first kappa shape index (κ1) is 16.8. The van der Waals surface area contributed by atoms with Crippen molar-refractivity contribution in [2.24, 2.45) is 5.92 Å². The molecule has 0 unspecified atom stereocenters.